The Morgan fingerprint density at radius 1 is 0.950 bits per heavy atom. The van der Waals surface area contributed by atoms with Crippen molar-refractivity contribution in [1.29, 1.82) is 0 Å². The highest BCUT2D eigenvalue weighted by Crippen LogP contribution is 2.16. The molecule has 7 heteroatoms. The Hall–Kier alpha value is -1.36. The molecule has 0 atom stereocenters. The maximum Gasteiger partial charge on any atom is 0.488 e. The lowest BCUT2D eigenvalue weighted by atomic mass is 9.81. The van der Waals surface area contributed by atoms with E-state index in [4.69, 9.17) is 29.5 Å². The molecular formula is C13H11B2ClF2O2. The van der Waals surface area contributed by atoms with E-state index in [-0.39, 0.29) is 5.56 Å². The first kappa shape index (κ1) is 16.7. The molecule has 2 radical (unpaired) electrons. The van der Waals surface area contributed by atoms with E-state index in [1.807, 2.05) is 0 Å². The number of benzene rings is 2. The van der Waals surface area contributed by atoms with Crippen LogP contribution in [0.4, 0.5) is 8.78 Å². The second-order valence-corrected chi connectivity index (χ2v) is 4.33. The number of halogens is 3. The van der Waals surface area contributed by atoms with Gasteiger partial charge in [0.05, 0.1) is 0 Å². The van der Waals surface area contributed by atoms with E-state index in [0.29, 0.717) is 15.9 Å². The van der Waals surface area contributed by atoms with Gasteiger partial charge in [-0.2, -0.15) is 0 Å². The van der Waals surface area contributed by atoms with Gasteiger partial charge in [0.1, 0.15) is 7.85 Å². The van der Waals surface area contributed by atoms with Crippen molar-refractivity contribution in [1.82, 2.24) is 0 Å². The first-order valence-electron chi connectivity index (χ1n) is 5.65. The Kier molecular flexibility index (Phi) is 6.71. The van der Waals surface area contributed by atoms with Crippen LogP contribution >= 0.6 is 11.6 Å². The summed E-state index contributed by atoms with van der Waals surface area (Å²) >= 11 is 5.55. The zero-order valence-electron chi connectivity index (χ0n) is 10.4. The standard InChI is InChI=1S/C7H5BF2.C6H6BClO2/c2*8-6-3-1-5(2-4-6)7(9)10/h1-4,7H;1-4,9-10H. The minimum Gasteiger partial charge on any atom is -0.423 e. The molecule has 20 heavy (non-hydrogen) atoms. The van der Waals surface area contributed by atoms with Gasteiger partial charge >= 0.3 is 7.12 Å². The molecule has 0 aliphatic rings. The van der Waals surface area contributed by atoms with Crippen molar-refractivity contribution in [3.05, 3.63) is 59.1 Å². The van der Waals surface area contributed by atoms with Gasteiger partial charge < -0.3 is 10.0 Å². The summed E-state index contributed by atoms with van der Waals surface area (Å²) in [5.41, 5.74) is 0.961. The second-order valence-electron chi connectivity index (χ2n) is 3.89. The molecule has 0 saturated heterocycles. The van der Waals surface area contributed by atoms with Crippen LogP contribution in [-0.2, 0) is 0 Å². The largest absolute Gasteiger partial charge is 0.488 e. The van der Waals surface area contributed by atoms with Gasteiger partial charge in [0.2, 0.25) is 0 Å². The van der Waals surface area contributed by atoms with Crippen LogP contribution in [0.15, 0.2) is 48.5 Å². The van der Waals surface area contributed by atoms with Crippen molar-refractivity contribution in [3.63, 3.8) is 0 Å². The SMILES string of the molecule is OB(O)c1ccc(Cl)cc1.[B]c1ccc(C(F)F)cc1. The number of rotatable bonds is 2. The first-order chi connectivity index (χ1) is 9.40. The summed E-state index contributed by atoms with van der Waals surface area (Å²) in [5, 5.41) is 17.8. The van der Waals surface area contributed by atoms with Crippen molar-refractivity contribution in [2.75, 3.05) is 0 Å². The molecule has 102 valence electrons. The summed E-state index contributed by atoms with van der Waals surface area (Å²) in [7, 11) is 3.88. The molecule has 0 bridgehead atoms. The van der Waals surface area contributed by atoms with Gasteiger partial charge in [-0.25, -0.2) is 8.78 Å². The maximum absolute atomic E-state index is 11.9. The molecule has 0 saturated carbocycles. The normalized spacial score (nSPS) is 9.90. The molecule has 2 N–H and O–H groups in total. The molecule has 2 rings (SSSR count). The highest BCUT2D eigenvalue weighted by Gasteiger charge is 2.08. The van der Waals surface area contributed by atoms with E-state index in [2.05, 4.69) is 0 Å². The summed E-state index contributed by atoms with van der Waals surface area (Å²) < 4.78 is 23.7. The fourth-order valence-electron chi connectivity index (χ4n) is 1.28. The monoisotopic (exact) mass is 294 g/mol. The fourth-order valence-corrected chi connectivity index (χ4v) is 1.40. The lowest BCUT2D eigenvalue weighted by Gasteiger charge is -1.97. The third-order valence-corrected chi connectivity index (χ3v) is 2.61. The van der Waals surface area contributed by atoms with Crippen LogP contribution in [0, 0.1) is 0 Å². The van der Waals surface area contributed by atoms with Gasteiger partial charge in [0.15, 0.2) is 0 Å². The summed E-state index contributed by atoms with van der Waals surface area (Å²) in [6.45, 7) is 0. The quantitative estimate of drug-likeness (QED) is 0.823. The number of hydrogen-bond acceptors (Lipinski definition) is 2. The summed E-state index contributed by atoms with van der Waals surface area (Å²) in [6, 6.07) is 11.9. The molecule has 0 unspecified atom stereocenters. The van der Waals surface area contributed by atoms with Crippen LogP contribution in [-0.4, -0.2) is 25.0 Å². The predicted molar refractivity (Wildman–Crippen MR) is 78.1 cm³/mol. The Morgan fingerprint density at radius 2 is 1.45 bits per heavy atom. The van der Waals surface area contributed by atoms with Crippen molar-refractivity contribution in [2.24, 2.45) is 0 Å². The lowest BCUT2D eigenvalue weighted by molar-refractivity contribution is 0.151. The van der Waals surface area contributed by atoms with Gasteiger partial charge in [0, 0.05) is 10.6 Å². The lowest BCUT2D eigenvalue weighted by Crippen LogP contribution is -2.29. The van der Waals surface area contributed by atoms with E-state index in [9.17, 15) is 8.78 Å². The molecule has 0 aromatic heterocycles. The fraction of sp³-hybridized carbons (Fsp3) is 0.0769. The van der Waals surface area contributed by atoms with Crippen LogP contribution in [0.3, 0.4) is 0 Å². The summed E-state index contributed by atoms with van der Waals surface area (Å²) in [6.07, 6.45) is -2.40. The van der Waals surface area contributed by atoms with Gasteiger partial charge in [0.25, 0.3) is 6.43 Å². The maximum atomic E-state index is 11.9. The average Bonchev–Trinajstić information content (AvgIpc) is 2.40. The topological polar surface area (TPSA) is 40.5 Å². The molecular weight excluding hydrogens is 283 g/mol. The average molecular weight is 294 g/mol. The van der Waals surface area contributed by atoms with Crippen LogP contribution < -0.4 is 10.9 Å². The van der Waals surface area contributed by atoms with Crippen molar-refractivity contribution in [3.8, 4) is 0 Å². The van der Waals surface area contributed by atoms with Gasteiger partial charge in [-0.05, 0) is 17.6 Å². The molecule has 0 amide bonds. The van der Waals surface area contributed by atoms with Crippen molar-refractivity contribution in [2.45, 2.75) is 6.43 Å². The van der Waals surface area contributed by atoms with Crippen molar-refractivity contribution < 1.29 is 18.8 Å². The Balaban J connectivity index is 0.000000200. The molecule has 0 aliphatic carbocycles. The highest BCUT2D eigenvalue weighted by molar-refractivity contribution is 6.58. The van der Waals surface area contributed by atoms with E-state index >= 15 is 0 Å². The Labute approximate surface area is 122 Å². The Bertz CT molecular complexity index is 469. The smallest absolute Gasteiger partial charge is 0.423 e. The van der Waals surface area contributed by atoms with E-state index in [0.717, 1.165) is 0 Å². The summed E-state index contributed by atoms with van der Waals surface area (Å²) in [5.74, 6) is 0. The third-order valence-electron chi connectivity index (χ3n) is 2.36. The van der Waals surface area contributed by atoms with Gasteiger partial charge in [-0.1, -0.05) is 53.5 Å². The predicted octanol–water partition coefficient (Wildman–Crippen LogP) is 1.44. The third kappa shape index (κ3) is 5.74. The minimum atomic E-state index is -2.40. The summed E-state index contributed by atoms with van der Waals surface area (Å²) in [4.78, 5) is 0. The first-order valence-corrected chi connectivity index (χ1v) is 6.03. The number of alkyl halides is 2. The van der Waals surface area contributed by atoms with E-state index in [1.54, 1.807) is 24.3 Å². The molecule has 0 fully saturated rings. The molecule has 2 aromatic rings. The molecule has 0 aliphatic heterocycles. The highest BCUT2D eigenvalue weighted by atomic mass is 35.5. The van der Waals surface area contributed by atoms with Crippen LogP contribution in [0.5, 0.6) is 0 Å². The zero-order valence-corrected chi connectivity index (χ0v) is 11.1. The van der Waals surface area contributed by atoms with Gasteiger partial charge in [-0.15, -0.1) is 0 Å². The zero-order chi connectivity index (χ0) is 15.1. The molecule has 0 heterocycles. The second kappa shape index (κ2) is 8.04. The van der Waals surface area contributed by atoms with Crippen LogP contribution in [0.1, 0.15) is 12.0 Å². The molecule has 2 aromatic carbocycles. The van der Waals surface area contributed by atoms with E-state index < -0.39 is 13.5 Å². The molecule has 2 nitrogen and oxygen atoms in total. The van der Waals surface area contributed by atoms with Gasteiger partial charge in [-0.3, -0.25) is 0 Å². The van der Waals surface area contributed by atoms with E-state index in [1.165, 1.54) is 24.3 Å². The van der Waals surface area contributed by atoms with Crippen molar-refractivity contribution >= 4 is 37.5 Å². The molecule has 0 spiro atoms. The van der Waals surface area contributed by atoms with Crippen LogP contribution in [0.25, 0.3) is 0 Å². The van der Waals surface area contributed by atoms with Crippen LogP contribution in [0.2, 0.25) is 5.02 Å². The number of hydrogen-bond donors (Lipinski definition) is 2. The Morgan fingerprint density at radius 3 is 1.85 bits per heavy atom. The minimum absolute atomic E-state index is 0.00852.